The number of hydrogen-bond acceptors (Lipinski definition) is 4. The summed E-state index contributed by atoms with van der Waals surface area (Å²) in [5, 5.41) is 9.62. The van der Waals surface area contributed by atoms with Crippen LogP contribution < -0.4 is 10.6 Å². The van der Waals surface area contributed by atoms with Gasteiger partial charge in [-0.3, -0.25) is 4.79 Å². The molecule has 1 heterocycles. The Bertz CT molecular complexity index is 630. The van der Waals surface area contributed by atoms with E-state index in [1.807, 2.05) is 0 Å². The van der Waals surface area contributed by atoms with E-state index in [-0.39, 0.29) is 30.5 Å². The number of benzene rings is 1. The minimum absolute atomic E-state index is 0. The van der Waals surface area contributed by atoms with E-state index in [0.29, 0.717) is 5.69 Å². The number of anilines is 1. The summed E-state index contributed by atoms with van der Waals surface area (Å²) in [6.07, 6.45) is 5.23. The quantitative estimate of drug-likeness (QED) is 0.849. The van der Waals surface area contributed by atoms with Crippen LogP contribution >= 0.6 is 12.4 Å². The Labute approximate surface area is 133 Å². The average molecular weight is 326 g/mol. The van der Waals surface area contributed by atoms with Crippen molar-refractivity contribution in [3.63, 3.8) is 0 Å². The average Bonchev–Trinajstić information content (AvgIpc) is 3.11. The van der Waals surface area contributed by atoms with Crippen molar-refractivity contribution in [2.75, 3.05) is 18.4 Å². The highest BCUT2D eigenvalue weighted by atomic mass is 35.5. The first kappa shape index (κ1) is 16.4. The van der Waals surface area contributed by atoms with Crippen molar-refractivity contribution in [3.8, 4) is 5.69 Å². The first-order valence-electron chi connectivity index (χ1n) is 6.87. The van der Waals surface area contributed by atoms with Crippen molar-refractivity contribution in [2.45, 2.75) is 12.8 Å². The summed E-state index contributed by atoms with van der Waals surface area (Å²) in [4.78, 5) is 15.5. The van der Waals surface area contributed by atoms with Gasteiger partial charge in [-0.05, 0) is 43.5 Å². The molecule has 6 nitrogen and oxygen atoms in total. The van der Waals surface area contributed by atoms with E-state index < -0.39 is 5.82 Å². The summed E-state index contributed by atoms with van der Waals surface area (Å²) < 4.78 is 15.3. The van der Waals surface area contributed by atoms with E-state index in [0.717, 1.165) is 12.5 Å². The fourth-order valence-corrected chi connectivity index (χ4v) is 2.02. The Morgan fingerprint density at radius 3 is 2.86 bits per heavy atom. The molecule has 0 atom stereocenters. The predicted molar refractivity (Wildman–Crippen MR) is 82.8 cm³/mol. The normalized spacial score (nSPS) is 13.5. The molecule has 0 spiro atoms. The molecule has 118 valence electrons. The second kappa shape index (κ2) is 7.33. The molecule has 2 N–H and O–H groups in total. The third-order valence-electron chi connectivity index (χ3n) is 3.31. The monoisotopic (exact) mass is 325 g/mol. The van der Waals surface area contributed by atoms with Crippen LogP contribution in [0, 0.1) is 11.7 Å². The molecule has 2 aromatic rings. The Morgan fingerprint density at radius 2 is 2.23 bits per heavy atom. The van der Waals surface area contributed by atoms with E-state index >= 15 is 0 Å². The highest BCUT2D eigenvalue weighted by molar-refractivity contribution is 5.92. The highest BCUT2D eigenvalue weighted by Crippen LogP contribution is 2.27. The van der Waals surface area contributed by atoms with Crippen molar-refractivity contribution in [2.24, 2.45) is 5.92 Å². The van der Waals surface area contributed by atoms with Crippen LogP contribution in [0.1, 0.15) is 12.8 Å². The number of aromatic nitrogens is 3. The van der Waals surface area contributed by atoms with Crippen LogP contribution in [0.4, 0.5) is 10.1 Å². The van der Waals surface area contributed by atoms with Crippen molar-refractivity contribution < 1.29 is 9.18 Å². The molecule has 1 saturated carbocycles. The predicted octanol–water partition coefficient (Wildman–Crippen LogP) is 1.77. The van der Waals surface area contributed by atoms with Crippen LogP contribution in [0.3, 0.4) is 0 Å². The van der Waals surface area contributed by atoms with Crippen molar-refractivity contribution in [1.29, 1.82) is 0 Å². The lowest BCUT2D eigenvalue weighted by molar-refractivity contribution is -0.115. The van der Waals surface area contributed by atoms with Gasteiger partial charge >= 0.3 is 0 Å². The Hall–Kier alpha value is -1.99. The van der Waals surface area contributed by atoms with Gasteiger partial charge in [0.05, 0.1) is 6.54 Å². The molecule has 1 aromatic heterocycles. The molecule has 1 aromatic carbocycles. The zero-order chi connectivity index (χ0) is 14.7. The first-order valence-corrected chi connectivity index (χ1v) is 6.87. The van der Waals surface area contributed by atoms with Gasteiger partial charge in [-0.1, -0.05) is 0 Å². The summed E-state index contributed by atoms with van der Waals surface area (Å²) in [7, 11) is 0. The van der Waals surface area contributed by atoms with Gasteiger partial charge in [0.2, 0.25) is 5.91 Å². The van der Waals surface area contributed by atoms with E-state index in [4.69, 9.17) is 0 Å². The second-order valence-corrected chi connectivity index (χ2v) is 5.13. The zero-order valence-electron chi connectivity index (χ0n) is 11.8. The van der Waals surface area contributed by atoms with E-state index in [9.17, 15) is 9.18 Å². The number of nitrogens with one attached hydrogen (secondary N) is 2. The van der Waals surface area contributed by atoms with Gasteiger partial charge in [-0.25, -0.2) is 14.1 Å². The Balaban J connectivity index is 0.00000176. The lowest BCUT2D eigenvalue weighted by atomic mass is 10.2. The standard InChI is InChI=1S/C14H16FN5O.ClH/c15-12-5-11(3-4-13(12)20-9-17-8-18-20)19-14(21)7-16-6-10-1-2-10;/h3-5,8-10,16H,1-2,6-7H2,(H,19,21);1H. The molecule has 1 fully saturated rings. The van der Waals surface area contributed by atoms with Gasteiger partial charge in [0.15, 0.2) is 5.82 Å². The van der Waals surface area contributed by atoms with Gasteiger partial charge in [-0.15, -0.1) is 12.4 Å². The molecule has 3 rings (SSSR count). The topological polar surface area (TPSA) is 71.8 Å². The van der Waals surface area contributed by atoms with Gasteiger partial charge in [0, 0.05) is 5.69 Å². The van der Waals surface area contributed by atoms with Gasteiger partial charge in [-0.2, -0.15) is 5.10 Å². The number of amides is 1. The van der Waals surface area contributed by atoms with E-state index in [1.165, 1.54) is 36.2 Å². The lowest BCUT2D eigenvalue weighted by Gasteiger charge is -2.08. The minimum atomic E-state index is -0.468. The molecule has 1 aliphatic rings. The summed E-state index contributed by atoms with van der Waals surface area (Å²) in [5.74, 6) is 0.0741. The van der Waals surface area contributed by atoms with Crippen LogP contribution in [0.15, 0.2) is 30.9 Å². The molecule has 0 aliphatic heterocycles. The third-order valence-corrected chi connectivity index (χ3v) is 3.31. The highest BCUT2D eigenvalue weighted by Gasteiger charge is 2.20. The number of carbonyl (C=O) groups excluding carboxylic acids is 1. The summed E-state index contributed by atoms with van der Waals surface area (Å²) in [5.41, 5.74) is 0.715. The summed E-state index contributed by atoms with van der Waals surface area (Å²) in [6, 6.07) is 4.46. The van der Waals surface area contributed by atoms with E-state index in [2.05, 4.69) is 20.7 Å². The number of nitrogens with zero attached hydrogens (tertiary/aromatic N) is 3. The summed E-state index contributed by atoms with van der Waals surface area (Å²) >= 11 is 0. The second-order valence-electron chi connectivity index (χ2n) is 5.13. The largest absolute Gasteiger partial charge is 0.325 e. The molecule has 0 saturated heterocycles. The van der Waals surface area contributed by atoms with Gasteiger partial charge in [0.25, 0.3) is 0 Å². The molecule has 1 aliphatic carbocycles. The van der Waals surface area contributed by atoms with Crippen molar-refractivity contribution >= 4 is 24.0 Å². The fourth-order valence-electron chi connectivity index (χ4n) is 2.02. The maximum absolute atomic E-state index is 14.0. The van der Waals surface area contributed by atoms with Crippen molar-refractivity contribution in [3.05, 3.63) is 36.7 Å². The molecule has 0 unspecified atom stereocenters. The van der Waals surface area contributed by atoms with Crippen LogP contribution in [0.5, 0.6) is 0 Å². The molecule has 1 amide bonds. The van der Waals surface area contributed by atoms with Crippen LogP contribution in [0.2, 0.25) is 0 Å². The maximum atomic E-state index is 14.0. The Kier molecular flexibility index (Phi) is 5.46. The van der Waals surface area contributed by atoms with Gasteiger partial charge < -0.3 is 10.6 Å². The molecule has 22 heavy (non-hydrogen) atoms. The number of halogens is 2. The van der Waals surface area contributed by atoms with Gasteiger partial charge in [0.1, 0.15) is 18.3 Å². The molecular weight excluding hydrogens is 309 g/mol. The molecule has 0 radical (unpaired) electrons. The minimum Gasteiger partial charge on any atom is -0.325 e. The van der Waals surface area contributed by atoms with Crippen LogP contribution in [-0.4, -0.2) is 33.8 Å². The van der Waals surface area contributed by atoms with Crippen LogP contribution in [0.25, 0.3) is 5.69 Å². The Morgan fingerprint density at radius 1 is 1.41 bits per heavy atom. The third kappa shape index (κ3) is 4.25. The van der Waals surface area contributed by atoms with Crippen LogP contribution in [-0.2, 0) is 4.79 Å². The lowest BCUT2D eigenvalue weighted by Crippen LogP contribution is -2.29. The molecule has 0 bridgehead atoms. The SMILES string of the molecule is Cl.O=C(CNCC1CC1)Nc1ccc(-n2cncn2)c(F)c1. The summed E-state index contributed by atoms with van der Waals surface area (Å²) in [6.45, 7) is 1.11. The van der Waals surface area contributed by atoms with Crippen molar-refractivity contribution in [1.82, 2.24) is 20.1 Å². The number of hydrogen-bond donors (Lipinski definition) is 2. The fraction of sp³-hybridized carbons (Fsp3) is 0.357. The van der Waals surface area contributed by atoms with E-state index in [1.54, 1.807) is 12.1 Å². The first-order chi connectivity index (χ1) is 10.2. The number of rotatable bonds is 6. The zero-order valence-corrected chi connectivity index (χ0v) is 12.6. The smallest absolute Gasteiger partial charge is 0.238 e. The molecule has 8 heteroatoms. The molecular formula is C14H17ClFN5O. The maximum Gasteiger partial charge on any atom is 0.238 e. The number of carbonyl (C=O) groups is 1.